The Morgan fingerprint density at radius 1 is 0.333 bits per heavy atom. The molecule has 16 heteroatoms. The number of ether oxygens (including phenoxy) is 8. The number of hydrogen-bond acceptors (Lipinski definition) is 16. The van der Waals surface area contributed by atoms with Gasteiger partial charge in [-0.3, -0.25) is 9.59 Å². The van der Waals surface area contributed by atoms with E-state index in [0.717, 1.165) is 150 Å². The van der Waals surface area contributed by atoms with Crippen molar-refractivity contribution in [1.82, 2.24) is 0 Å². The highest BCUT2D eigenvalue weighted by molar-refractivity contribution is 6.07. The summed E-state index contributed by atoms with van der Waals surface area (Å²) in [7, 11) is 0. The summed E-state index contributed by atoms with van der Waals surface area (Å²) in [5.74, 6) is -5.49. The molecule has 1 aliphatic heterocycles. The fraction of sp³-hybridized carbons (Fsp3) is 0.149. The molecule has 0 radical (unpaired) electrons. The van der Waals surface area contributed by atoms with Gasteiger partial charge in [-0.25, -0.2) is 28.8 Å². The average Bonchev–Trinajstić information content (AvgIpc) is 1.54. The number of rotatable bonds is 17. The molecule has 16 nitrogen and oxygen atoms in total. The maximum absolute atomic E-state index is 13.9. The second kappa shape index (κ2) is 42.2. The Hall–Kier alpha value is -18.0. The molecule has 3 fully saturated rings. The Labute approximate surface area is 872 Å². The quantitative estimate of drug-likeness (QED) is 0.0471. The first-order valence-electron chi connectivity index (χ1n) is 50.0. The Bertz CT molecular complexity index is 7920. The summed E-state index contributed by atoms with van der Waals surface area (Å²) in [5.41, 5.74) is 19.8. The van der Waals surface area contributed by atoms with Crippen molar-refractivity contribution in [2.45, 2.75) is 95.1 Å². The number of fused-ring (bicyclic) bond motifs is 13. The molecular formula is C134H110O16. The van der Waals surface area contributed by atoms with Crippen LogP contribution in [0.3, 0.4) is 0 Å². The lowest BCUT2D eigenvalue weighted by Crippen LogP contribution is -2.45. The van der Waals surface area contributed by atoms with Gasteiger partial charge in [0.2, 0.25) is 0 Å². The molecule has 1 heterocycles. The maximum Gasteiger partial charge on any atom is 0.345 e. The molecule has 0 aromatic heterocycles. The van der Waals surface area contributed by atoms with Gasteiger partial charge in [-0.05, 0) is 185 Å². The highest BCUT2D eigenvalue weighted by Crippen LogP contribution is 2.60. The highest BCUT2D eigenvalue weighted by Gasteiger charge is 2.71. The Morgan fingerprint density at radius 3 is 1.03 bits per heavy atom. The molecule has 0 spiro atoms. The minimum Gasteiger partial charge on any atom is -0.458 e. The SMILES string of the molecule is C=C(C)C(=O)OC1C2CC3C1OC(=O)C3C2C(=O)OC1(C)c2ccccc2C=Cc2ccccc21.C=C(C)C(=O)OCC(=O)OC1(C)c2ccccc2C=Cc2ccccc21.C=Cc1ccc(C(=O)OC2(C)c3ccccc3C=Cc3ccccc32)c2ccccc12.C=Cc1ccc(C(=O)OC2(C)c3ccccc3C=Cc3ccccc32)cc1.C=Cc1ccc2cc(C(=O)OC3(C)c4ccccc4C=Cc4ccccc43)ccc2c1. The fourth-order valence-corrected chi connectivity index (χ4v) is 22.1. The van der Waals surface area contributed by atoms with Crippen molar-refractivity contribution in [1.29, 1.82) is 0 Å². The van der Waals surface area contributed by atoms with Gasteiger partial charge in [-0.15, -0.1) is 0 Å². The third kappa shape index (κ3) is 19.5. The van der Waals surface area contributed by atoms with E-state index >= 15 is 0 Å². The monoisotopic (exact) mass is 1970 g/mol. The molecule has 15 aromatic rings. The third-order valence-corrected chi connectivity index (χ3v) is 29.7. The summed E-state index contributed by atoms with van der Waals surface area (Å²) in [4.78, 5) is 103. The van der Waals surface area contributed by atoms with Crippen LogP contribution in [0, 0.1) is 23.7 Å². The molecule has 6 atom stereocenters. The number of esters is 8. The van der Waals surface area contributed by atoms with Crippen LogP contribution < -0.4 is 0 Å². The summed E-state index contributed by atoms with van der Waals surface area (Å²) in [5, 5.41) is 3.91. The molecule has 6 unspecified atom stereocenters. The van der Waals surface area contributed by atoms with Crippen molar-refractivity contribution in [3.8, 4) is 0 Å². The summed E-state index contributed by atoms with van der Waals surface area (Å²) >= 11 is 0. The van der Waals surface area contributed by atoms with Crippen LogP contribution in [0.2, 0.25) is 0 Å². The second-order valence-corrected chi connectivity index (χ2v) is 39.1. The van der Waals surface area contributed by atoms with Gasteiger partial charge in [0.25, 0.3) is 0 Å². The molecule has 8 aliphatic rings. The molecular weight excluding hydrogens is 1870 g/mol. The van der Waals surface area contributed by atoms with E-state index in [0.29, 0.717) is 23.1 Å². The first-order valence-corrected chi connectivity index (χ1v) is 50.0. The van der Waals surface area contributed by atoms with Gasteiger partial charge in [0, 0.05) is 78.6 Å². The van der Waals surface area contributed by atoms with Gasteiger partial charge in [-0.2, -0.15) is 0 Å². The predicted molar refractivity (Wildman–Crippen MR) is 593 cm³/mol. The van der Waals surface area contributed by atoms with Crippen LogP contribution in [-0.2, 0) is 89.9 Å². The van der Waals surface area contributed by atoms with Gasteiger partial charge >= 0.3 is 47.8 Å². The van der Waals surface area contributed by atoms with E-state index in [1.54, 1.807) is 25.1 Å². The van der Waals surface area contributed by atoms with Crippen LogP contribution in [0.15, 0.2) is 384 Å². The molecule has 150 heavy (non-hydrogen) atoms. The highest BCUT2D eigenvalue weighted by atomic mass is 16.6. The van der Waals surface area contributed by atoms with Crippen molar-refractivity contribution in [2.75, 3.05) is 6.61 Å². The largest absolute Gasteiger partial charge is 0.458 e. The van der Waals surface area contributed by atoms with Crippen molar-refractivity contribution in [3.05, 3.63) is 528 Å². The Kier molecular flexibility index (Phi) is 28.3. The van der Waals surface area contributed by atoms with Crippen LogP contribution in [0.25, 0.3) is 101 Å². The van der Waals surface area contributed by atoms with E-state index in [1.807, 2.05) is 368 Å². The molecule has 2 saturated carbocycles. The molecule has 1 saturated heterocycles. The first kappa shape index (κ1) is 101. The number of hydrogen-bond donors (Lipinski definition) is 0. The van der Waals surface area contributed by atoms with Gasteiger partial charge in [0.1, 0.15) is 12.2 Å². The Morgan fingerprint density at radius 2 is 0.653 bits per heavy atom. The third-order valence-electron chi connectivity index (χ3n) is 29.7. The minimum absolute atomic E-state index is 0.156. The van der Waals surface area contributed by atoms with Crippen LogP contribution in [0.5, 0.6) is 0 Å². The second-order valence-electron chi connectivity index (χ2n) is 39.1. The predicted octanol–water partition coefficient (Wildman–Crippen LogP) is 28.5. The first-order chi connectivity index (χ1) is 72.5. The van der Waals surface area contributed by atoms with Gasteiger partial charge in [-0.1, -0.05) is 415 Å². The van der Waals surface area contributed by atoms with E-state index in [-0.39, 0.29) is 40.9 Å². The lowest BCUT2D eigenvalue weighted by Gasteiger charge is -2.36. The normalized spacial score (nSPS) is 17.7. The Balaban J connectivity index is 0.000000118. The summed E-state index contributed by atoms with van der Waals surface area (Å²) < 4.78 is 47.3. The van der Waals surface area contributed by atoms with Gasteiger partial charge in [0.15, 0.2) is 34.6 Å². The van der Waals surface area contributed by atoms with Crippen LogP contribution in [0.4, 0.5) is 0 Å². The van der Waals surface area contributed by atoms with Crippen molar-refractivity contribution in [2.24, 2.45) is 23.7 Å². The van der Waals surface area contributed by atoms with E-state index in [1.165, 1.54) is 6.92 Å². The van der Waals surface area contributed by atoms with E-state index in [4.69, 9.17) is 37.9 Å². The molecule has 2 bridgehead atoms. The molecule has 0 N–H and O–H groups in total. The summed E-state index contributed by atoms with van der Waals surface area (Å²) in [6.07, 6.45) is 25.3. The van der Waals surface area contributed by atoms with Gasteiger partial charge in [0.05, 0.1) is 28.5 Å². The lowest BCUT2D eigenvalue weighted by molar-refractivity contribution is -0.170. The molecule has 15 aromatic carbocycles. The van der Waals surface area contributed by atoms with Crippen molar-refractivity contribution < 1.29 is 76.3 Å². The van der Waals surface area contributed by atoms with E-state index in [2.05, 4.69) is 99.7 Å². The van der Waals surface area contributed by atoms with Crippen molar-refractivity contribution in [3.63, 3.8) is 0 Å². The molecule has 0 amide bonds. The maximum atomic E-state index is 13.9. The zero-order valence-corrected chi connectivity index (χ0v) is 84.3. The zero-order valence-electron chi connectivity index (χ0n) is 84.3. The van der Waals surface area contributed by atoms with E-state index in [9.17, 15) is 38.4 Å². The summed E-state index contributed by atoms with van der Waals surface area (Å²) in [6, 6.07) is 110. The molecule has 7 aliphatic carbocycles. The lowest BCUT2D eigenvalue weighted by atomic mass is 9.78. The average molecular weight is 1980 g/mol. The van der Waals surface area contributed by atoms with Crippen molar-refractivity contribution >= 4 is 148 Å². The zero-order chi connectivity index (χ0) is 105. The fourth-order valence-electron chi connectivity index (χ4n) is 22.1. The van der Waals surface area contributed by atoms with Crippen LogP contribution >= 0.6 is 0 Å². The number of carbonyl (C=O) groups excluding carboxylic acids is 8. The van der Waals surface area contributed by atoms with E-state index < -0.39 is 88.5 Å². The molecule has 742 valence electrons. The molecule has 23 rings (SSSR count). The standard InChI is InChI=1S/C29H26O6.2C29H22O2.C25H20O2.C22H20O4/c1-15(2)26(30)33-24-19-14-18-22(27(31)34-25(18)24)23(19)28(32)35-29(3)20-10-6-4-8-16(20)12-13-17-9-5-7-11-21(17)29;1-3-20-18-19-25(24-13-7-6-12-23(20)24)28(30)31-29(2)26-14-8-4-10-21(26)16-17-22-11-5-9-15-27(22)29;1-3-20-12-13-24-19-25(17-16-23(24)18-20)28(30)31-29(2)26-10-6-4-8-21(26)14-15-22-9-5-7-11-27(22)29;1-3-18-12-14-21(15-13-18)24(26)27-25(2)22-10-6-4-8-19(22)16-17-20-9-5-7-11-23(20)25;1-15(2)21(24)25-14-20(23)26-22(3)18-10-6-4-8-16(18)12-13-17-9-5-7-11-19(17)22/h4-13,18-19,22-25H,1,14H2,2-3H3;2*3-19H,1H2,2H3;3-17H,1H2,2H3;4-13H,1,14H2,2-3H3. The summed E-state index contributed by atoms with van der Waals surface area (Å²) in [6.45, 7) is 30.9. The number of carbonyl (C=O) groups is 8. The van der Waals surface area contributed by atoms with Gasteiger partial charge < -0.3 is 37.9 Å². The van der Waals surface area contributed by atoms with Crippen LogP contribution in [-0.4, -0.2) is 66.6 Å². The smallest absolute Gasteiger partial charge is 0.345 e. The topological polar surface area (TPSA) is 210 Å². The van der Waals surface area contributed by atoms with Crippen LogP contribution in [0.1, 0.15) is 214 Å². The number of benzene rings is 15. The minimum atomic E-state index is -1.07.